The molecule has 0 fully saturated rings. The molecule has 0 aliphatic heterocycles. The molecule has 0 bridgehead atoms. The highest BCUT2D eigenvalue weighted by Crippen LogP contribution is 2.11. The number of carboxylic acid groups (broad SMARTS) is 2. The molecule has 0 aromatic heterocycles. The van der Waals surface area contributed by atoms with Gasteiger partial charge in [0.15, 0.2) is 0 Å². The maximum atomic E-state index is 10.9. The average Bonchev–Trinajstić information content (AvgIpc) is 2.40. The highest BCUT2D eigenvalue weighted by molar-refractivity contribution is 5.75. The minimum absolute atomic E-state index is 0. The van der Waals surface area contributed by atoms with Gasteiger partial charge in [-0.2, -0.15) is 0 Å². The van der Waals surface area contributed by atoms with Crippen LogP contribution in [-0.4, -0.2) is 47.8 Å². The van der Waals surface area contributed by atoms with E-state index in [1.54, 1.807) is 20.8 Å². The number of nitrogens with one attached hydrogen (secondary N) is 1. The lowest BCUT2D eigenvalue weighted by Crippen LogP contribution is -2.30. The van der Waals surface area contributed by atoms with E-state index in [1.165, 1.54) is 0 Å². The highest BCUT2D eigenvalue weighted by atomic mass is 16.5. The first-order chi connectivity index (χ1) is 9.74. The van der Waals surface area contributed by atoms with Gasteiger partial charge in [0, 0.05) is 25.5 Å². The lowest BCUT2D eigenvalue weighted by molar-refractivity contribution is -0.142. The van der Waals surface area contributed by atoms with Crippen LogP contribution in [0.25, 0.3) is 0 Å². The predicted octanol–water partition coefficient (Wildman–Crippen LogP) is 11.5. The molecule has 37 heavy (non-hydrogen) atoms. The topological polar surface area (TPSA) is 113 Å². The maximum Gasteiger partial charge on any atom is 0.329 e. The van der Waals surface area contributed by atoms with Crippen molar-refractivity contribution in [2.45, 2.75) is 152 Å². The maximum absolute atomic E-state index is 10.9. The molecule has 0 aromatic carbocycles. The molecule has 1 unspecified atom stereocenters. The van der Waals surface area contributed by atoms with Crippen molar-refractivity contribution >= 4 is 17.8 Å². The van der Waals surface area contributed by atoms with Crippen LogP contribution in [0.5, 0.6) is 0 Å². The summed E-state index contributed by atoms with van der Waals surface area (Å²) < 4.78 is 4.50. The Bertz CT molecular complexity index is 360. The number of carbonyl (C=O) groups excluding carboxylic acids is 1. The van der Waals surface area contributed by atoms with Crippen molar-refractivity contribution in [3.8, 4) is 0 Å². The molecule has 0 aromatic rings. The Balaban J connectivity index is -0.00000000909. The predicted molar refractivity (Wildman–Crippen MR) is 186 cm³/mol. The number of carbonyl (C=O) groups is 3. The molecule has 0 aliphatic rings. The Morgan fingerprint density at radius 1 is 0.703 bits per heavy atom. The first kappa shape index (κ1) is 140. The molecule has 1 amide bonds. The molecule has 0 rings (SSSR count). The molecule has 0 heterocycles. The Morgan fingerprint density at radius 3 is 1.19 bits per heavy atom. The largest absolute Gasteiger partial charge is 0.481 e. The van der Waals surface area contributed by atoms with Crippen LogP contribution in [-0.2, 0) is 19.1 Å². The van der Waals surface area contributed by atoms with Crippen LogP contribution in [0, 0.1) is 5.92 Å². The number of amides is 1. The third kappa shape index (κ3) is 120. The molecule has 250 valence electrons. The van der Waals surface area contributed by atoms with E-state index in [2.05, 4.69) is 16.6 Å². The van der Waals surface area contributed by atoms with Crippen molar-refractivity contribution in [3.05, 3.63) is 12.2 Å². The summed E-state index contributed by atoms with van der Waals surface area (Å²) in [5.74, 6) is -2.03. The van der Waals surface area contributed by atoms with Crippen molar-refractivity contribution in [3.63, 3.8) is 0 Å². The van der Waals surface area contributed by atoms with Crippen LogP contribution in [0.1, 0.15) is 152 Å². The highest BCUT2D eigenvalue weighted by Gasteiger charge is 2.14. The van der Waals surface area contributed by atoms with Crippen LogP contribution in [0.4, 0.5) is 0 Å². The lowest BCUT2D eigenvalue weighted by atomic mass is 9.98. The van der Waals surface area contributed by atoms with Crippen molar-refractivity contribution < 1.29 is 29.3 Å². The van der Waals surface area contributed by atoms with E-state index in [0.717, 1.165) is 5.57 Å². The smallest absolute Gasteiger partial charge is 0.329 e. The number of hydrogen-bond acceptors (Lipinski definition) is 4. The van der Waals surface area contributed by atoms with Gasteiger partial charge in [0.25, 0.3) is 0 Å². The summed E-state index contributed by atoms with van der Waals surface area (Å²) in [5, 5.41) is 19.2. The van der Waals surface area contributed by atoms with Gasteiger partial charge < -0.3 is 20.3 Å². The van der Waals surface area contributed by atoms with Gasteiger partial charge in [-0.25, -0.2) is 4.79 Å². The molecule has 0 saturated carbocycles. The second-order valence-electron chi connectivity index (χ2n) is 4.33. The van der Waals surface area contributed by atoms with Crippen molar-refractivity contribution in [1.29, 1.82) is 0 Å². The van der Waals surface area contributed by atoms with E-state index in [1.807, 2.05) is 0 Å². The van der Waals surface area contributed by atoms with E-state index in [-0.39, 0.29) is 144 Å². The van der Waals surface area contributed by atoms with Crippen molar-refractivity contribution in [1.82, 2.24) is 5.32 Å². The van der Waals surface area contributed by atoms with Crippen LogP contribution >= 0.6 is 0 Å². The van der Waals surface area contributed by atoms with Gasteiger partial charge in [0.05, 0.1) is 6.42 Å². The third-order valence-electron chi connectivity index (χ3n) is 2.41. The zero-order valence-electron chi connectivity index (χ0n) is 12.8. The fraction of sp³-hybridized carbons (Fsp3) is 0.833. The summed E-state index contributed by atoms with van der Waals surface area (Å²) in [6.45, 7) is 9.61. The molecule has 0 spiro atoms. The van der Waals surface area contributed by atoms with Crippen LogP contribution in [0.3, 0.4) is 0 Å². The minimum atomic E-state index is -0.915. The van der Waals surface area contributed by atoms with Gasteiger partial charge in [0.2, 0.25) is 5.91 Å². The monoisotopic (exact) mass is 560 g/mol. The SMILES string of the molecule is C.C.C.C.C.C.C.C.C.C.C.C.C.C.C.C.C=C(C)C(CNC(=O)CC)CC(=O)O.CCOCC(=O)O. The first-order valence-corrected chi connectivity index (χ1v) is 6.67. The second-order valence-corrected chi connectivity index (χ2v) is 4.33. The zero-order valence-corrected chi connectivity index (χ0v) is 12.8. The number of ether oxygens (including phenoxy) is 1. The second kappa shape index (κ2) is 92.5. The molecule has 7 heteroatoms. The van der Waals surface area contributed by atoms with E-state index < -0.39 is 11.9 Å². The molecule has 7 nitrogen and oxygen atoms in total. The summed E-state index contributed by atoms with van der Waals surface area (Å²) >= 11 is 0. The molecule has 3 N–H and O–H groups in total. The Labute approximate surface area is 242 Å². The zero-order chi connectivity index (χ0) is 16.8. The summed E-state index contributed by atoms with van der Waals surface area (Å²) in [5.41, 5.74) is 0.781. The van der Waals surface area contributed by atoms with E-state index >= 15 is 0 Å². The summed E-state index contributed by atoms with van der Waals surface area (Å²) in [6, 6.07) is 0. The van der Waals surface area contributed by atoms with Gasteiger partial charge in [0.1, 0.15) is 6.61 Å². The van der Waals surface area contributed by atoms with Crippen molar-refractivity contribution in [2.24, 2.45) is 5.92 Å². The first-order valence-electron chi connectivity index (χ1n) is 6.67. The number of aliphatic carboxylic acids is 2. The number of hydrogen-bond donors (Lipinski definition) is 3. The molecule has 1 atom stereocenters. The van der Waals surface area contributed by atoms with Gasteiger partial charge in [-0.3, -0.25) is 9.59 Å². The number of rotatable bonds is 9. The molecular formula is C30H89NO6. The summed E-state index contributed by atoms with van der Waals surface area (Å²) in [6.07, 6.45) is 0.426. The average molecular weight is 560 g/mol. The number of carboxylic acids is 2. The third-order valence-corrected chi connectivity index (χ3v) is 2.41. The molecule has 0 aliphatic carbocycles. The Morgan fingerprint density at radius 2 is 1.03 bits per heavy atom. The van der Waals surface area contributed by atoms with Crippen molar-refractivity contribution in [2.75, 3.05) is 19.8 Å². The summed E-state index contributed by atoms with van der Waals surface area (Å²) in [7, 11) is 0. The standard InChI is InChI=1S/C10H17NO3.C4H8O3.16CH4/c1-4-9(12)11-6-8(7(2)3)5-10(13)14;1-2-7-3-4(5)6;;;;;;;;;;;;;;;;/h8H,2,4-6H2,1,3H3,(H,11,12)(H,13,14);2-3H2,1H3,(H,5,6);16*1H4. The van der Waals surface area contributed by atoms with E-state index in [0.29, 0.717) is 19.6 Å². The summed E-state index contributed by atoms with van der Waals surface area (Å²) in [4.78, 5) is 31.0. The Hall–Kier alpha value is -1.89. The normalized spacial score (nSPS) is 6.14. The van der Waals surface area contributed by atoms with E-state index in [9.17, 15) is 14.4 Å². The minimum Gasteiger partial charge on any atom is -0.481 e. The van der Waals surface area contributed by atoms with Crippen LogP contribution < -0.4 is 5.32 Å². The molecule has 0 saturated heterocycles. The molecule has 0 radical (unpaired) electrons. The fourth-order valence-corrected chi connectivity index (χ4v) is 1.18. The van der Waals surface area contributed by atoms with Crippen LogP contribution in [0.15, 0.2) is 12.2 Å². The molecular weight excluding hydrogens is 470 g/mol. The quantitative estimate of drug-likeness (QED) is 0.242. The van der Waals surface area contributed by atoms with Gasteiger partial charge in [-0.15, -0.1) is 0 Å². The fourth-order valence-electron chi connectivity index (χ4n) is 1.18. The van der Waals surface area contributed by atoms with Gasteiger partial charge in [-0.1, -0.05) is 138 Å². The Kier molecular flexibility index (Phi) is 349. The lowest BCUT2D eigenvalue weighted by Gasteiger charge is -2.15. The van der Waals surface area contributed by atoms with Gasteiger partial charge in [-0.05, 0) is 13.8 Å². The van der Waals surface area contributed by atoms with E-state index in [4.69, 9.17) is 10.2 Å². The van der Waals surface area contributed by atoms with Crippen LogP contribution in [0.2, 0.25) is 0 Å². The van der Waals surface area contributed by atoms with Gasteiger partial charge >= 0.3 is 11.9 Å².